The molecular formula is C9H16O2S. The molecule has 1 rings (SSSR count). The molecule has 1 fully saturated rings. The average Bonchev–Trinajstić information content (AvgIpc) is 2.35. The van der Waals surface area contributed by atoms with E-state index in [1.165, 1.54) is 0 Å². The van der Waals surface area contributed by atoms with E-state index in [1.807, 2.05) is 0 Å². The van der Waals surface area contributed by atoms with Gasteiger partial charge in [-0.05, 0) is 12.8 Å². The highest BCUT2D eigenvalue weighted by Gasteiger charge is 2.42. The van der Waals surface area contributed by atoms with Crippen molar-refractivity contribution in [1.29, 1.82) is 0 Å². The van der Waals surface area contributed by atoms with E-state index in [-0.39, 0.29) is 0 Å². The maximum absolute atomic E-state index is 11.0. The number of rotatable bonds is 3. The van der Waals surface area contributed by atoms with Gasteiger partial charge in [-0.1, -0.05) is 26.7 Å². The second-order valence-corrected chi connectivity index (χ2v) is 5.63. The van der Waals surface area contributed by atoms with Gasteiger partial charge in [-0.25, -0.2) is 0 Å². The van der Waals surface area contributed by atoms with Crippen molar-refractivity contribution in [2.24, 2.45) is 0 Å². The first-order valence-electron chi connectivity index (χ1n) is 4.48. The maximum atomic E-state index is 11.0. The molecule has 0 heterocycles. The molecule has 1 aliphatic carbocycles. The smallest absolute Gasteiger partial charge is 0.319 e. The van der Waals surface area contributed by atoms with Crippen molar-refractivity contribution in [1.82, 2.24) is 0 Å². The monoisotopic (exact) mass is 188 g/mol. The lowest BCUT2D eigenvalue weighted by molar-refractivity contribution is -0.139. The van der Waals surface area contributed by atoms with Gasteiger partial charge in [-0.3, -0.25) is 4.79 Å². The summed E-state index contributed by atoms with van der Waals surface area (Å²) in [5.41, 5.74) is 0. The number of aliphatic carboxylic acids is 1. The van der Waals surface area contributed by atoms with E-state index in [0.717, 1.165) is 25.7 Å². The SMILES string of the molecule is CC(C)SC1(C(=O)O)CCCC1. The minimum Gasteiger partial charge on any atom is -0.480 e. The molecule has 3 heteroatoms. The molecule has 12 heavy (non-hydrogen) atoms. The fourth-order valence-corrected chi connectivity index (χ4v) is 3.31. The molecule has 1 saturated carbocycles. The minimum absolute atomic E-state index is 0.416. The third-order valence-electron chi connectivity index (χ3n) is 2.26. The van der Waals surface area contributed by atoms with Crippen molar-refractivity contribution in [3.05, 3.63) is 0 Å². The van der Waals surface area contributed by atoms with Crippen LogP contribution >= 0.6 is 11.8 Å². The zero-order valence-electron chi connectivity index (χ0n) is 7.67. The Morgan fingerprint density at radius 1 is 1.42 bits per heavy atom. The Kier molecular flexibility index (Phi) is 3.04. The lowest BCUT2D eigenvalue weighted by Gasteiger charge is -2.24. The summed E-state index contributed by atoms with van der Waals surface area (Å²) in [6.07, 6.45) is 3.86. The fraction of sp³-hybridized carbons (Fsp3) is 0.889. The van der Waals surface area contributed by atoms with E-state index in [4.69, 9.17) is 5.11 Å². The number of carboxylic acids is 1. The molecule has 0 atom stereocenters. The zero-order chi connectivity index (χ0) is 9.19. The van der Waals surface area contributed by atoms with Gasteiger partial charge in [-0.2, -0.15) is 0 Å². The molecule has 0 aromatic carbocycles. The molecule has 0 aliphatic heterocycles. The lowest BCUT2D eigenvalue weighted by Crippen LogP contribution is -2.33. The number of thioether (sulfide) groups is 1. The van der Waals surface area contributed by atoms with Crippen molar-refractivity contribution in [2.45, 2.75) is 49.5 Å². The maximum Gasteiger partial charge on any atom is 0.319 e. The van der Waals surface area contributed by atoms with Gasteiger partial charge in [0.25, 0.3) is 0 Å². The number of carbonyl (C=O) groups is 1. The van der Waals surface area contributed by atoms with Crippen molar-refractivity contribution >= 4 is 17.7 Å². The molecule has 0 amide bonds. The summed E-state index contributed by atoms with van der Waals surface area (Å²) in [5, 5.41) is 9.51. The lowest BCUT2D eigenvalue weighted by atomic mass is 10.1. The normalized spacial score (nSPS) is 21.6. The Morgan fingerprint density at radius 3 is 2.25 bits per heavy atom. The molecule has 0 bridgehead atoms. The Bertz CT molecular complexity index is 171. The predicted molar refractivity (Wildman–Crippen MR) is 51.6 cm³/mol. The van der Waals surface area contributed by atoms with Crippen LogP contribution in [0.25, 0.3) is 0 Å². The van der Waals surface area contributed by atoms with Crippen molar-refractivity contribution in [3.63, 3.8) is 0 Å². The second-order valence-electron chi connectivity index (χ2n) is 3.67. The average molecular weight is 188 g/mol. The second kappa shape index (κ2) is 3.69. The van der Waals surface area contributed by atoms with Gasteiger partial charge >= 0.3 is 5.97 Å². The number of hydrogen-bond donors (Lipinski definition) is 1. The van der Waals surface area contributed by atoms with Crippen molar-refractivity contribution in [2.75, 3.05) is 0 Å². The number of hydrogen-bond acceptors (Lipinski definition) is 2. The van der Waals surface area contributed by atoms with E-state index in [1.54, 1.807) is 11.8 Å². The van der Waals surface area contributed by atoms with E-state index >= 15 is 0 Å². The number of carboxylic acid groups (broad SMARTS) is 1. The first kappa shape index (κ1) is 9.90. The van der Waals surface area contributed by atoms with E-state index in [0.29, 0.717) is 5.25 Å². The highest BCUT2D eigenvalue weighted by molar-refractivity contribution is 8.01. The Hall–Kier alpha value is -0.180. The molecule has 0 saturated heterocycles. The van der Waals surface area contributed by atoms with Crippen LogP contribution in [0.2, 0.25) is 0 Å². The van der Waals surface area contributed by atoms with Crippen LogP contribution in [-0.4, -0.2) is 21.1 Å². The van der Waals surface area contributed by atoms with Gasteiger partial charge < -0.3 is 5.11 Å². The van der Waals surface area contributed by atoms with Crippen LogP contribution in [0, 0.1) is 0 Å². The first-order chi connectivity index (χ1) is 5.57. The summed E-state index contributed by atoms with van der Waals surface area (Å²) in [6.45, 7) is 4.13. The molecule has 70 valence electrons. The van der Waals surface area contributed by atoms with Gasteiger partial charge in [0.05, 0.1) is 0 Å². The van der Waals surface area contributed by atoms with Crippen LogP contribution in [0.5, 0.6) is 0 Å². The minimum atomic E-state index is -0.612. The molecule has 0 spiro atoms. The van der Waals surface area contributed by atoms with Crippen LogP contribution in [-0.2, 0) is 4.79 Å². The zero-order valence-corrected chi connectivity index (χ0v) is 8.49. The third-order valence-corrected chi connectivity index (χ3v) is 3.77. The standard InChI is InChI=1S/C9H16O2S/c1-7(2)12-9(8(10)11)5-3-4-6-9/h7H,3-6H2,1-2H3,(H,10,11). The van der Waals surface area contributed by atoms with Crippen molar-refractivity contribution < 1.29 is 9.90 Å². The van der Waals surface area contributed by atoms with Crippen LogP contribution in [0.4, 0.5) is 0 Å². The van der Waals surface area contributed by atoms with Gasteiger partial charge in [0.15, 0.2) is 0 Å². The Labute approximate surface area is 77.7 Å². The summed E-state index contributed by atoms with van der Waals surface area (Å²) < 4.78 is -0.450. The van der Waals surface area contributed by atoms with E-state index < -0.39 is 10.7 Å². The van der Waals surface area contributed by atoms with Crippen LogP contribution < -0.4 is 0 Å². The van der Waals surface area contributed by atoms with Gasteiger partial charge in [0.2, 0.25) is 0 Å². The summed E-state index contributed by atoms with van der Waals surface area (Å²) in [7, 11) is 0. The van der Waals surface area contributed by atoms with Crippen LogP contribution in [0.1, 0.15) is 39.5 Å². The molecule has 2 nitrogen and oxygen atoms in total. The molecule has 0 radical (unpaired) electrons. The topological polar surface area (TPSA) is 37.3 Å². The first-order valence-corrected chi connectivity index (χ1v) is 5.36. The Morgan fingerprint density at radius 2 is 1.92 bits per heavy atom. The molecular weight excluding hydrogens is 172 g/mol. The van der Waals surface area contributed by atoms with E-state index in [2.05, 4.69) is 13.8 Å². The molecule has 0 aromatic rings. The summed E-state index contributed by atoms with van der Waals surface area (Å²) in [4.78, 5) is 11.0. The van der Waals surface area contributed by atoms with Gasteiger partial charge in [0.1, 0.15) is 4.75 Å². The summed E-state index contributed by atoms with van der Waals surface area (Å²) in [5.74, 6) is -0.612. The van der Waals surface area contributed by atoms with E-state index in [9.17, 15) is 4.79 Å². The highest BCUT2D eigenvalue weighted by Crippen LogP contribution is 2.43. The quantitative estimate of drug-likeness (QED) is 0.739. The van der Waals surface area contributed by atoms with Crippen LogP contribution in [0.15, 0.2) is 0 Å². The molecule has 1 aliphatic rings. The molecule has 1 N–H and O–H groups in total. The Balaban J connectivity index is 2.65. The summed E-state index contributed by atoms with van der Waals surface area (Å²) >= 11 is 1.62. The molecule has 0 unspecified atom stereocenters. The van der Waals surface area contributed by atoms with Gasteiger partial charge in [0, 0.05) is 5.25 Å². The molecule has 0 aromatic heterocycles. The van der Waals surface area contributed by atoms with Crippen LogP contribution in [0.3, 0.4) is 0 Å². The fourth-order valence-electron chi connectivity index (χ4n) is 1.78. The largest absolute Gasteiger partial charge is 0.480 e. The third kappa shape index (κ3) is 1.94. The van der Waals surface area contributed by atoms with Crippen molar-refractivity contribution in [3.8, 4) is 0 Å². The predicted octanol–water partition coefficient (Wildman–Crippen LogP) is 2.53. The summed E-state index contributed by atoms with van der Waals surface area (Å²) in [6, 6.07) is 0. The van der Waals surface area contributed by atoms with Gasteiger partial charge in [-0.15, -0.1) is 11.8 Å². The highest BCUT2D eigenvalue weighted by atomic mass is 32.2.